The molecule has 3 aromatic rings. The van der Waals surface area contributed by atoms with E-state index in [2.05, 4.69) is 61.6 Å². The van der Waals surface area contributed by atoms with Crippen molar-refractivity contribution in [3.63, 3.8) is 0 Å². The molecule has 0 saturated carbocycles. The van der Waals surface area contributed by atoms with Crippen LogP contribution in [0.1, 0.15) is 25.0 Å². The highest BCUT2D eigenvalue weighted by molar-refractivity contribution is 5.59. The van der Waals surface area contributed by atoms with Gasteiger partial charge in [-0.15, -0.1) is 0 Å². The van der Waals surface area contributed by atoms with Crippen LogP contribution < -0.4 is 10.1 Å². The third-order valence-corrected chi connectivity index (χ3v) is 5.41. The molecule has 132 valence electrons. The lowest BCUT2D eigenvalue weighted by atomic mass is 9.79. The lowest BCUT2D eigenvalue weighted by Gasteiger charge is -2.35. The van der Waals surface area contributed by atoms with Gasteiger partial charge in [0.25, 0.3) is 0 Å². The standard InChI is InChI=1S/C24H25NO/c1-18(2)24(17-20-10-6-7-14-23(20)25-24)16-19-9-8-13-22(15-19)26-21-11-4-3-5-12-21/h3-15,18,25H,16-17H2,1-2H3. The summed E-state index contributed by atoms with van der Waals surface area (Å²) in [6.45, 7) is 4.62. The molecule has 0 bridgehead atoms. The fourth-order valence-corrected chi connectivity index (χ4v) is 3.82. The molecule has 1 N–H and O–H groups in total. The van der Waals surface area contributed by atoms with E-state index in [1.807, 2.05) is 36.4 Å². The number of hydrogen-bond acceptors (Lipinski definition) is 2. The maximum atomic E-state index is 6.02. The molecule has 1 aliphatic heterocycles. The van der Waals surface area contributed by atoms with Gasteiger partial charge in [-0.1, -0.05) is 62.4 Å². The van der Waals surface area contributed by atoms with Crippen molar-refractivity contribution in [2.45, 2.75) is 32.2 Å². The van der Waals surface area contributed by atoms with Gasteiger partial charge in [0.15, 0.2) is 0 Å². The van der Waals surface area contributed by atoms with Crippen molar-refractivity contribution in [3.05, 3.63) is 90.0 Å². The Kier molecular flexibility index (Phi) is 4.42. The molecule has 4 rings (SSSR count). The molecule has 0 radical (unpaired) electrons. The fraction of sp³-hybridized carbons (Fsp3) is 0.250. The summed E-state index contributed by atoms with van der Waals surface area (Å²) >= 11 is 0. The van der Waals surface area contributed by atoms with E-state index in [4.69, 9.17) is 4.74 Å². The first-order valence-electron chi connectivity index (χ1n) is 9.33. The molecule has 0 aliphatic carbocycles. The van der Waals surface area contributed by atoms with Gasteiger partial charge in [-0.3, -0.25) is 0 Å². The SMILES string of the molecule is CC(C)C1(Cc2cccc(Oc3ccccc3)c2)Cc2ccccc2N1. The van der Waals surface area contributed by atoms with Crippen LogP contribution in [0, 0.1) is 5.92 Å². The number of anilines is 1. The zero-order valence-electron chi connectivity index (χ0n) is 15.4. The minimum Gasteiger partial charge on any atom is -0.457 e. The Balaban J connectivity index is 1.57. The van der Waals surface area contributed by atoms with E-state index >= 15 is 0 Å². The summed E-state index contributed by atoms with van der Waals surface area (Å²) in [5, 5.41) is 3.82. The molecule has 0 aromatic heterocycles. The van der Waals surface area contributed by atoms with E-state index < -0.39 is 0 Å². The Morgan fingerprint density at radius 2 is 1.62 bits per heavy atom. The van der Waals surface area contributed by atoms with Crippen molar-refractivity contribution in [1.82, 2.24) is 0 Å². The van der Waals surface area contributed by atoms with Crippen LogP contribution in [0.5, 0.6) is 11.5 Å². The van der Waals surface area contributed by atoms with Crippen LogP contribution >= 0.6 is 0 Å². The lowest BCUT2D eigenvalue weighted by molar-refractivity contribution is 0.349. The second-order valence-corrected chi connectivity index (χ2v) is 7.51. The summed E-state index contributed by atoms with van der Waals surface area (Å²) in [5.41, 5.74) is 4.04. The minimum atomic E-state index is 0.0507. The van der Waals surface area contributed by atoms with Crippen LogP contribution in [-0.4, -0.2) is 5.54 Å². The molecule has 26 heavy (non-hydrogen) atoms. The average Bonchev–Trinajstić information content (AvgIpc) is 3.02. The summed E-state index contributed by atoms with van der Waals surface area (Å²) in [6, 6.07) is 27.1. The summed E-state index contributed by atoms with van der Waals surface area (Å²) in [6.07, 6.45) is 2.04. The lowest BCUT2D eigenvalue weighted by Crippen LogP contribution is -2.44. The summed E-state index contributed by atoms with van der Waals surface area (Å²) in [4.78, 5) is 0. The van der Waals surface area contributed by atoms with E-state index in [-0.39, 0.29) is 5.54 Å². The second kappa shape index (κ2) is 6.87. The highest BCUT2D eigenvalue weighted by atomic mass is 16.5. The number of ether oxygens (including phenoxy) is 1. The summed E-state index contributed by atoms with van der Waals surface area (Å²) in [5.74, 6) is 2.28. The van der Waals surface area contributed by atoms with Crippen molar-refractivity contribution in [1.29, 1.82) is 0 Å². The predicted octanol–water partition coefficient (Wildman–Crippen LogP) is 6.08. The van der Waals surface area contributed by atoms with Crippen molar-refractivity contribution >= 4 is 5.69 Å². The van der Waals surface area contributed by atoms with Crippen LogP contribution in [0.4, 0.5) is 5.69 Å². The number of benzene rings is 3. The average molecular weight is 343 g/mol. The molecular weight excluding hydrogens is 318 g/mol. The van der Waals surface area contributed by atoms with Crippen molar-refractivity contribution in [2.75, 3.05) is 5.32 Å². The van der Waals surface area contributed by atoms with Gasteiger partial charge < -0.3 is 10.1 Å². The number of nitrogens with one attached hydrogen (secondary N) is 1. The Morgan fingerprint density at radius 3 is 2.38 bits per heavy atom. The first-order chi connectivity index (χ1) is 12.6. The van der Waals surface area contributed by atoms with E-state index in [1.54, 1.807) is 0 Å². The smallest absolute Gasteiger partial charge is 0.127 e. The molecule has 0 fully saturated rings. The first-order valence-corrected chi connectivity index (χ1v) is 9.33. The van der Waals surface area contributed by atoms with Crippen molar-refractivity contribution in [3.8, 4) is 11.5 Å². The molecule has 1 unspecified atom stereocenters. The number of rotatable bonds is 5. The maximum Gasteiger partial charge on any atom is 0.127 e. The number of fused-ring (bicyclic) bond motifs is 1. The second-order valence-electron chi connectivity index (χ2n) is 7.51. The predicted molar refractivity (Wildman–Crippen MR) is 108 cm³/mol. The van der Waals surface area contributed by atoms with Gasteiger partial charge in [0.2, 0.25) is 0 Å². The van der Waals surface area contributed by atoms with Crippen molar-refractivity contribution < 1.29 is 4.74 Å². The molecule has 0 saturated heterocycles. The molecule has 1 aliphatic rings. The topological polar surface area (TPSA) is 21.3 Å². The van der Waals surface area contributed by atoms with Gasteiger partial charge in [-0.25, -0.2) is 0 Å². The first kappa shape index (κ1) is 16.7. The normalized spacial score (nSPS) is 18.4. The molecule has 0 spiro atoms. The molecule has 2 heteroatoms. The Bertz CT molecular complexity index is 860. The highest BCUT2D eigenvalue weighted by Crippen LogP contribution is 2.39. The van der Waals surface area contributed by atoms with E-state index in [0.717, 1.165) is 24.3 Å². The molecule has 3 aromatic carbocycles. The molecule has 1 atom stereocenters. The molecular formula is C24H25NO. The highest BCUT2D eigenvalue weighted by Gasteiger charge is 2.39. The van der Waals surface area contributed by atoms with Crippen molar-refractivity contribution in [2.24, 2.45) is 5.92 Å². The number of hydrogen-bond donors (Lipinski definition) is 1. The Hall–Kier alpha value is -2.74. The van der Waals surface area contributed by atoms with Gasteiger partial charge >= 0.3 is 0 Å². The van der Waals surface area contributed by atoms with Gasteiger partial charge in [0.1, 0.15) is 11.5 Å². The van der Waals surface area contributed by atoms with Crippen LogP contribution in [-0.2, 0) is 12.8 Å². The minimum absolute atomic E-state index is 0.0507. The molecule has 2 nitrogen and oxygen atoms in total. The molecule has 1 heterocycles. The Labute approximate surface area is 155 Å². The van der Waals surface area contributed by atoms with Gasteiger partial charge in [-0.2, -0.15) is 0 Å². The quantitative estimate of drug-likeness (QED) is 0.606. The van der Waals surface area contributed by atoms with Gasteiger partial charge in [0.05, 0.1) is 0 Å². The third-order valence-electron chi connectivity index (χ3n) is 5.41. The van der Waals surface area contributed by atoms with Crippen LogP contribution in [0.3, 0.4) is 0 Å². The van der Waals surface area contributed by atoms with Crippen LogP contribution in [0.15, 0.2) is 78.9 Å². The van der Waals surface area contributed by atoms with E-state index in [9.17, 15) is 0 Å². The third kappa shape index (κ3) is 3.32. The van der Waals surface area contributed by atoms with E-state index in [1.165, 1.54) is 16.8 Å². The molecule has 0 amide bonds. The van der Waals surface area contributed by atoms with Crippen LogP contribution in [0.25, 0.3) is 0 Å². The van der Waals surface area contributed by atoms with E-state index in [0.29, 0.717) is 5.92 Å². The zero-order valence-corrected chi connectivity index (χ0v) is 15.4. The summed E-state index contributed by atoms with van der Waals surface area (Å²) in [7, 11) is 0. The largest absolute Gasteiger partial charge is 0.457 e. The van der Waals surface area contributed by atoms with Gasteiger partial charge in [0, 0.05) is 11.2 Å². The zero-order chi connectivity index (χ0) is 18.0. The number of para-hydroxylation sites is 2. The summed E-state index contributed by atoms with van der Waals surface area (Å²) < 4.78 is 6.02. The monoisotopic (exact) mass is 343 g/mol. The van der Waals surface area contributed by atoms with Gasteiger partial charge in [-0.05, 0) is 60.2 Å². The van der Waals surface area contributed by atoms with Crippen LogP contribution in [0.2, 0.25) is 0 Å². The fourth-order valence-electron chi connectivity index (χ4n) is 3.82. The maximum absolute atomic E-state index is 6.02. The Morgan fingerprint density at radius 1 is 0.885 bits per heavy atom.